The molecule has 1 aromatic heterocycles. The largest absolute Gasteiger partial charge is 0.475 e. The van der Waals surface area contributed by atoms with E-state index in [1.807, 2.05) is 32.9 Å². The molecule has 1 heterocycles. The summed E-state index contributed by atoms with van der Waals surface area (Å²) in [5, 5.41) is 12.8. The van der Waals surface area contributed by atoms with E-state index < -0.39 is 0 Å². The SMILES string of the molecule is CC[C@@H](O)CNC(C)(C)COc1ncccc1Br. The van der Waals surface area contributed by atoms with Gasteiger partial charge in [-0.3, -0.25) is 0 Å². The predicted molar refractivity (Wildman–Crippen MR) is 75.8 cm³/mol. The summed E-state index contributed by atoms with van der Waals surface area (Å²) in [6, 6.07) is 3.74. The number of nitrogens with zero attached hydrogens (tertiary/aromatic N) is 1. The van der Waals surface area contributed by atoms with E-state index in [4.69, 9.17) is 4.74 Å². The molecule has 0 amide bonds. The first-order chi connectivity index (χ1) is 8.44. The van der Waals surface area contributed by atoms with Gasteiger partial charge in [0.15, 0.2) is 0 Å². The molecule has 0 saturated heterocycles. The monoisotopic (exact) mass is 316 g/mol. The zero-order valence-electron chi connectivity index (χ0n) is 11.1. The number of ether oxygens (including phenoxy) is 1. The third kappa shape index (κ3) is 5.33. The highest BCUT2D eigenvalue weighted by Crippen LogP contribution is 2.21. The van der Waals surface area contributed by atoms with Gasteiger partial charge in [0, 0.05) is 18.3 Å². The van der Waals surface area contributed by atoms with Crippen LogP contribution in [0.4, 0.5) is 0 Å². The molecule has 1 rings (SSSR count). The maximum absolute atomic E-state index is 9.53. The molecule has 1 atom stereocenters. The highest BCUT2D eigenvalue weighted by Gasteiger charge is 2.20. The summed E-state index contributed by atoms with van der Waals surface area (Å²) in [6.07, 6.45) is 2.13. The number of aliphatic hydroxyl groups excluding tert-OH is 1. The lowest BCUT2D eigenvalue weighted by molar-refractivity contribution is 0.137. The average Bonchev–Trinajstić information content (AvgIpc) is 2.35. The summed E-state index contributed by atoms with van der Waals surface area (Å²) in [4.78, 5) is 4.15. The number of hydrogen-bond acceptors (Lipinski definition) is 4. The van der Waals surface area contributed by atoms with Crippen LogP contribution in [0.5, 0.6) is 5.88 Å². The molecule has 102 valence electrons. The molecule has 0 bridgehead atoms. The van der Waals surface area contributed by atoms with Crippen LogP contribution in [0.15, 0.2) is 22.8 Å². The van der Waals surface area contributed by atoms with Crippen molar-refractivity contribution in [3.63, 3.8) is 0 Å². The van der Waals surface area contributed by atoms with Gasteiger partial charge in [-0.05, 0) is 48.3 Å². The van der Waals surface area contributed by atoms with Gasteiger partial charge in [0.05, 0.1) is 10.6 Å². The number of nitrogens with one attached hydrogen (secondary N) is 1. The Balaban J connectivity index is 2.44. The van der Waals surface area contributed by atoms with Crippen molar-refractivity contribution in [1.29, 1.82) is 0 Å². The second kappa shape index (κ2) is 7.07. The van der Waals surface area contributed by atoms with Gasteiger partial charge in [0.2, 0.25) is 5.88 Å². The lowest BCUT2D eigenvalue weighted by Crippen LogP contribution is -2.47. The first kappa shape index (κ1) is 15.4. The first-order valence-electron chi connectivity index (χ1n) is 6.11. The molecule has 0 aromatic carbocycles. The van der Waals surface area contributed by atoms with Crippen LogP contribution in [-0.4, -0.2) is 34.9 Å². The second-order valence-electron chi connectivity index (χ2n) is 4.91. The Bertz CT molecular complexity index is 372. The van der Waals surface area contributed by atoms with Crippen molar-refractivity contribution in [2.75, 3.05) is 13.2 Å². The number of pyridine rings is 1. The average molecular weight is 317 g/mol. The van der Waals surface area contributed by atoms with Crippen molar-refractivity contribution in [3.8, 4) is 5.88 Å². The van der Waals surface area contributed by atoms with E-state index in [0.29, 0.717) is 19.0 Å². The maximum atomic E-state index is 9.53. The molecular weight excluding hydrogens is 296 g/mol. The molecule has 0 spiro atoms. The molecule has 0 aliphatic rings. The van der Waals surface area contributed by atoms with E-state index in [1.54, 1.807) is 6.20 Å². The van der Waals surface area contributed by atoms with Crippen LogP contribution in [0.2, 0.25) is 0 Å². The fourth-order valence-electron chi connectivity index (χ4n) is 1.32. The number of aromatic nitrogens is 1. The van der Waals surface area contributed by atoms with Crippen molar-refractivity contribution in [2.45, 2.75) is 38.8 Å². The zero-order valence-corrected chi connectivity index (χ0v) is 12.7. The number of rotatable bonds is 7. The van der Waals surface area contributed by atoms with Gasteiger partial charge >= 0.3 is 0 Å². The molecule has 0 aliphatic carbocycles. The van der Waals surface area contributed by atoms with Crippen LogP contribution in [0.25, 0.3) is 0 Å². The summed E-state index contributed by atoms with van der Waals surface area (Å²) in [7, 11) is 0. The fourth-order valence-corrected chi connectivity index (χ4v) is 1.69. The van der Waals surface area contributed by atoms with Gasteiger partial charge < -0.3 is 15.2 Å². The minimum Gasteiger partial charge on any atom is -0.475 e. The third-order valence-corrected chi connectivity index (χ3v) is 3.19. The number of halogens is 1. The van der Waals surface area contributed by atoms with Crippen molar-refractivity contribution >= 4 is 15.9 Å². The van der Waals surface area contributed by atoms with Gasteiger partial charge in [-0.1, -0.05) is 6.92 Å². The summed E-state index contributed by atoms with van der Waals surface area (Å²) in [5.41, 5.74) is -0.215. The molecule has 0 aliphatic heterocycles. The van der Waals surface area contributed by atoms with E-state index in [-0.39, 0.29) is 11.6 Å². The Labute approximate surface area is 117 Å². The fraction of sp³-hybridized carbons (Fsp3) is 0.615. The number of β-amino-alcohol motifs (C(OH)–C–C–N with tert-alkyl or cyclic N) is 1. The summed E-state index contributed by atoms with van der Waals surface area (Å²) >= 11 is 3.39. The lowest BCUT2D eigenvalue weighted by Gasteiger charge is -2.27. The molecule has 0 saturated carbocycles. The first-order valence-corrected chi connectivity index (χ1v) is 6.90. The predicted octanol–water partition coefficient (Wildman–Crippen LogP) is 2.36. The van der Waals surface area contributed by atoms with Crippen molar-refractivity contribution in [2.24, 2.45) is 0 Å². The Morgan fingerprint density at radius 2 is 2.28 bits per heavy atom. The van der Waals surface area contributed by atoms with Crippen LogP contribution in [0.1, 0.15) is 27.2 Å². The molecule has 5 heteroatoms. The minimum absolute atomic E-state index is 0.215. The van der Waals surface area contributed by atoms with E-state index in [2.05, 4.69) is 26.2 Å². The normalized spacial score (nSPS) is 13.4. The van der Waals surface area contributed by atoms with E-state index in [9.17, 15) is 5.11 Å². The summed E-state index contributed by atoms with van der Waals surface area (Å²) in [6.45, 7) is 7.08. The Hall–Kier alpha value is -0.650. The van der Waals surface area contributed by atoms with Gasteiger partial charge in [0.25, 0.3) is 0 Å². The summed E-state index contributed by atoms with van der Waals surface area (Å²) in [5.74, 6) is 0.586. The Morgan fingerprint density at radius 3 is 2.89 bits per heavy atom. The van der Waals surface area contributed by atoms with Crippen LogP contribution in [0.3, 0.4) is 0 Å². The van der Waals surface area contributed by atoms with Crippen LogP contribution < -0.4 is 10.1 Å². The third-order valence-electron chi connectivity index (χ3n) is 2.58. The molecule has 4 nitrogen and oxygen atoms in total. The topological polar surface area (TPSA) is 54.4 Å². The maximum Gasteiger partial charge on any atom is 0.227 e. The van der Waals surface area contributed by atoms with Gasteiger partial charge in [-0.25, -0.2) is 4.98 Å². The smallest absolute Gasteiger partial charge is 0.227 e. The van der Waals surface area contributed by atoms with Crippen LogP contribution in [0, 0.1) is 0 Å². The molecular formula is C13H21BrN2O2. The molecule has 0 unspecified atom stereocenters. The Kier molecular flexibility index (Phi) is 6.05. The number of hydrogen-bond donors (Lipinski definition) is 2. The second-order valence-corrected chi connectivity index (χ2v) is 5.76. The molecule has 0 radical (unpaired) electrons. The molecule has 1 aromatic rings. The van der Waals surface area contributed by atoms with Gasteiger partial charge in [-0.15, -0.1) is 0 Å². The highest BCUT2D eigenvalue weighted by molar-refractivity contribution is 9.10. The van der Waals surface area contributed by atoms with Crippen molar-refractivity contribution in [1.82, 2.24) is 10.3 Å². The standard InChI is InChI=1S/C13H21BrN2O2/c1-4-10(17)8-16-13(2,3)9-18-12-11(14)6-5-7-15-12/h5-7,10,16-17H,4,8-9H2,1-3H3/t10-/m1/s1. The quantitative estimate of drug-likeness (QED) is 0.811. The Morgan fingerprint density at radius 1 is 1.56 bits per heavy atom. The minimum atomic E-state index is -0.314. The zero-order chi connectivity index (χ0) is 13.6. The molecule has 18 heavy (non-hydrogen) atoms. The van der Waals surface area contributed by atoms with E-state index in [1.165, 1.54) is 0 Å². The van der Waals surface area contributed by atoms with Crippen LogP contribution in [-0.2, 0) is 0 Å². The van der Waals surface area contributed by atoms with Gasteiger partial charge in [-0.2, -0.15) is 0 Å². The van der Waals surface area contributed by atoms with E-state index in [0.717, 1.165) is 10.9 Å². The molecule has 0 fully saturated rings. The summed E-state index contributed by atoms with van der Waals surface area (Å²) < 4.78 is 6.51. The number of aliphatic hydroxyl groups is 1. The van der Waals surface area contributed by atoms with E-state index >= 15 is 0 Å². The molecule has 2 N–H and O–H groups in total. The highest BCUT2D eigenvalue weighted by atomic mass is 79.9. The lowest BCUT2D eigenvalue weighted by atomic mass is 10.1. The van der Waals surface area contributed by atoms with Crippen molar-refractivity contribution in [3.05, 3.63) is 22.8 Å². The van der Waals surface area contributed by atoms with Gasteiger partial charge in [0.1, 0.15) is 6.61 Å². The van der Waals surface area contributed by atoms with Crippen LogP contribution >= 0.6 is 15.9 Å². The van der Waals surface area contributed by atoms with Crippen molar-refractivity contribution < 1.29 is 9.84 Å².